The van der Waals surface area contributed by atoms with E-state index < -0.39 is 0 Å². The number of benzene rings is 3. The minimum Gasteiger partial charge on any atom is -0.497 e. The summed E-state index contributed by atoms with van der Waals surface area (Å²) in [6.07, 6.45) is 1.14. The van der Waals surface area contributed by atoms with Gasteiger partial charge in [0.05, 0.1) is 38.2 Å². The van der Waals surface area contributed by atoms with Crippen molar-refractivity contribution in [3.8, 4) is 17.2 Å². The number of hydrogen-bond acceptors (Lipinski definition) is 6. The maximum atomic E-state index is 13.8. The van der Waals surface area contributed by atoms with Crippen molar-refractivity contribution in [3.63, 3.8) is 0 Å². The first kappa shape index (κ1) is 22.8. The first-order valence-corrected chi connectivity index (χ1v) is 11.9. The topological polar surface area (TPSA) is 68.8 Å². The average molecular weight is 471 g/mol. The SMILES string of the molecule is CCOc1ccc([C@@H]2CC(=O)C3=C(C2)Nc2ccccc2N[C@@H]3c2cccc(OC)c2)cc1OC. The molecule has 1 heterocycles. The van der Waals surface area contributed by atoms with Crippen LogP contribution < -0.4 is 24.8 Å². The van der Waals surface area contributed by atoms with Crippen molar-refractivity contribution >= 4 is 17.2 Å². The largest absolute Gasteiger partial charge is 0.497 e. The van der Waals surface area contributed by atoms with Gasteiger partial charge in [-0.05, 0) is 66.8 Å². The number of para-hydroxylation sites is 2. The zero-order valence-electron chi connectivity index (χ0n) is 20.3. The van der Waals surface area contributed by atoms with Crippen molar-refractivity contribution in [1.82, 2.24) is 0 Å². The summed E-state index contributed by atoms with van der Waals surface area (Å²) < 4.78 is 16.7. The van der Waals surface area contributed by atoms with Crippen molar-refractivity contribution < 1.29 is 19.0 Å². The Morgan fingerprint density at radius 3 is 2.46 bits per heavy atom. The molecule has 3 aromatic carbocycles. The van der Waals surface area contributed by atoms with Crippen LogP contribution in [0.2, 0.25) is 0 Å². The predicted octanol–water partition coefficient (Wildman–Crippen LogP) is 6.08. The summed E-state index contributed by atoms with van der Waals surface area (Å²) >= 11 is 0. The van der Waals surface area contributed by atoms with Crippen LogP contribution in [-0.2, 0) is 4.79 Å². The van der Waals surface area contributed by atoms with Crippen molar-refractivity contribution in [2.75, 3.05) is 31.5 Å². The second-order valence-corrected chi connectivity index (χ2v) is 8.79. The molecule has 0 bridgehead atoms. The van der Waals surface area contributed by atoms with E-state index in [1.165, 1.54) is 0 Å². The Labute approximate surface area is 205 Å². The quantitative estimate of drug-likeness (QED) is 0.455. The summed E-state index contributed by atoms with van der Waals surface area (Å²) in [5, 5.41) is 7.21. The summed E-state index contributed by atoms with van der Waals surface area (Å²) in [5.74, 6) is 2.33. The molecule has 0 aromatic heterocycles. The Kier molecular flexibility index (Phi) is 6.36. The molecule has 0 saturated heterocycles. The molecule has 1 aliphatic heterocycles. The van der Waals surface area contributed by atoms with E-state index in [-0.39, 0.29) is 17.7 Å². The third-order valence-electron chi connectivity index (χ3n) is 6.70. The van der Waals surface area contributed by atoms with Crippen LogP contribution in [0.25, 0.3) is 0 Å². The number of carbonyl (C=O) groups excluding carboxylic acids is 1. The molecule has 35 heavy (non-hydrogen) atoms. The fraction of sp³-hybridized carbons (Fsp3) is 0.276. The van der Waals surface area contributed by atoms with Crippen LogP contribution in [0, 0.1) is 0 Å². The smallest absolute Gasteiger partial charge is 0.163 e. The number of hydrogen-bond donors (Lipinski definition) is 2. The highest BCUT2D eigenvalue weighted by atomic mass is 16.5. The van der Waals surface area contributed by atoms with Crippen molar-refractivity contribution in [2.24, 2.45) is 0 Å². The zero-order chi connectivity index (χ0) is 24.4. The van der Waals surface area contributed by atoms with Gasteiger partial charge in [0.1, 0.15) is 5.75 Å². The number of ketones is 1. The standard InChI is InChI=1S/C29H30N2O4/c1-4-35-26-13-12-18(17-27(26)34-3)20-15-24-28(25(32)16-20)29(19-8-7-9-21(14-19)33-2)31-23-11-6-5-10-22(23)30-24/h5-14,17,20,29-31H,4,15-16H2,1-3H3/t20-,29+/m0/s1. The Morgan fingerprint density at radius 1 is 0.857 bits per heavy atom. The molecule has 0 saturated carbocycles. The van der Waals surface area contributed by atoms with Gasteiger partial charge in [0.25, 0.3) is 0 Å². The van der Waals surface area contributed by atoms with Gasteiger partial charge in [0.2, 0.25) is 0 Å². The van der Waals surface area contributed by atoms with Crippen LogP contribution >= 0.6 is 0 Å². The number of anilines is 2. The van der Waals surface area contributed by atoms with Crippen LogP contribution in [0.5, 0.6) is 17.2 Å². The van der Waals surface area contributed by atoms with Crippen molar-refractivity contribution in [2.45, 2.75) is 31.7 Å². The number of fused-ring (bicyclic) bond motifs is 1. The number of carbonyl (C=O) groups is 1. The van der Waals surface area contributed by atoms with E-state index in [0.29, 0.717) is 30.9 Å². The van der Waals surface area contributed by atoms with Gasteiger partial charge in [-0.3, -0.25) is 4.79 Å². The Balaban J connectivity index is 1.56. The van der Waals surface area contributed by atoms with Gasteiger partial charge in [-0.15, -0.1) is 0 Å². The Morgan fingerprint density at radius 2 is 1.69 bits per heavy atom. The van der Waals surface area contributed by atoms with E-state index in [0.717, 1.165) is 39.5 Å². The molecule has 180 valence electrons. The summed E-state index contributed by atoms with van der Waals surface area (Å²) in [7, 11) is 3.30. The van der Waals surface area contributed by atoms with Crippen LogP contribution in [-0.4, -0.2) is 26.6 Å². The molecular weight excluding hydrogens is 440 g/mol. The maximum absolute atomic E-state index is 13.8. The second kappa shape index (κ2) is 9.74. The molecule has 0 amide bonds. The lowest BCUT2D eigenvalue weighted by atomic mass is 9.78. The molecule has 2 aliphatic rings. The molecule has 0 radical (unpaired) electrons. The normalized spacial score (nSPS) is 19.0. The molecule has 5 rings (SSSR count). The van der Waals surface area contributed by atoms with Crippen LogP contribution in [0.1, 0.15) is 42.9 Å². The second-order valence-electron chi connectivity index (χ2n) is 8.79. The molecule has 3 aromatic rings. The first-order valence-electron chi connectivity index (χ1n) is 11.9. The summed E-state index contributed by atoms with van der Waals surface area (Å²) in [6, 6.07) is 21.7. The minimum absolute atomic E-state index is 0.0366. The molecule has 2 atom stereocenters. The number of methoxy groups -OCH3 is 2. The van der Waals surface area contributed by atoms with E-state index >= 15 is 0 Å². The van der Waals surface area contributed by atoms with Gasteiger partial charge in [-0.1, -0.05) is 30.3 Å². The Bertz CT molecular complexity index is 1280. The number of allylic oxidation sites excluding steroid dienone is 1. The van der Waals surface area contributed by atoms with Gasteiger partial charge in [-0.25, -0.2) is 0 Å². The van der Waals surface area contributed by atoms with E-state index in [1.54, 1.807) is 14.2 Å². The lowest BCUT2D eigenvalue weighted by molar-refractivity contribution is -0.116. The number of ether oxygens (including phenoxy) is 3. The predicted molar refractivity (Wildman–Crippen MR) is 138 cm³/mol. The van der Waals surface area contributed by atoms with Gasteiger partial charge < -0.3 is 24.8 Å². The molecule has 1 aliphatic carbocycles. The fourth-order valence-electron chi connectivity index (χ4n) is 5.01. The first-order chi connectivity index (χ1) is 17.1. The van der Waals surface area contributed by atoms with Crippen molar-refractivity contribution in [1.29, 1.82) is 0 Å². The van der Waals surface area contributed by atoms with E-state index in [2.05, 4.69) is 10.6 Å². The van der Waals surface area contributed by atoms with Gasteiger partial charge in [0.15, 0.2) is 17.3 Å². The lowest BCUT2D eigenvalue weighted by Gasteiger charge is -2.30. The zero-order valence-corrected chi connectivity index (χ0v) is 20.3. The molecule has 6 heteroatoms. The van der Waals surface area contributed by atoms with Crippen LogP contribution in [0.3, 0.4) is 0 Å². The van der Waals surface area contributed by atoms with E-state index in [4.69, 9.17) is 14.2 Å². The Hall–Kier alpha value is -3.93. The highest BCUT2D eigenvalue weighted by Crippen LogP contribution is 2.45. The average Bonchev–Trinajstić information content (AvgIpc) is 3.06. The fourth-order valence-corrected chi connectivity index (χ4v) is 5.01. The lowest BCUT2D eigenvalue weighted by Crippen LogP contribution is -2.26. The summed E-state index contributed by atoms with van der Waals surface area (Å²) in [6.45, 7) is 2.51. The van der Waals surface area contributed by atoms with Crippen molar-refractivity contribution in [3.05, 3.63) is 89.1 Å². The van der Waals surface area contributed by atoms with Gasteiger partial charge in [-0.2, -0.15) is 0 Å². The van der Waals surface area contributed by atoms with E-state index in [9.17, 15) is 4.79 Å². The summed E-state index contributed by atoms with van der Waals surface area (Å²) in [4.78, 5) is 13.8. The molecule has 0 fully saturated rings. The molecule has 0 spiro atoms. The summed E-state index contributed by atoms with van der Waals surface area (Å²) in [5.41, 5.74) is 5.71. The molecule has 0 unspecified atom stereocenters. The molecule has 6 nitrogen and oxygen atoms in total. The van der Waals surface area contributed by atoms with Gasteiger partial charge in [0, 0.05) is 17.7 Å². The highest BCUT2D eigenvalue weighted by Gasteiger charge is 2.36. The maximum Gasteiger partial charge on any atom is 0.163 e. The van der Waals surface area contributed by atoms with Crippen LogP contribution in [0.15, 0.2) is 78.0 Å². The monoisotopic (exact) mass is 470 g/mol. The van der Waals surface area contributed by atoms with E-state index in [1.807, 2.05) is 73.7 Å². The molecule has 2 N–H and O–H groups in total. The third kappa shape index (κ3) is 4.44. The number of Topliss-reactive ketones (excluding diaryl/α,β-unsaturated/α-hetero) is 1. The third-order valence-corrected chi connectivity index (χ3v) is 6.70. The highest BCUT2D eigenvalue weighted by molar-refractivity contribution is 6.01. The number of nitrogens with one attached hydrogen (secondary N) is 2. The van der Waals surface area contributed by atoms with Crippen LogP contribution in [0.4, 0.5) is 11.4 Å². The number of rotatable bonds is 6. The van der Waals surface area contributed by atoms with Gasteiger partial charge >= 0.3 is 0 Å². The minimum atomic E-state index is -0.278. The molecular formula is C29H30N2O4.